The van der Waals surface area contributed by atoms with E-state index in [4.69, 9.17) is 16.3 Å². The number of aliphatic hydroxyl groups is 1. The quantitative estimate of drug-likeness (QED) is 0.315. The number of benzene rings is 2. The molecule has 158 valence electrons. The number of ether oxygens (including phenoxy) is 1. The highest BCUT2D eigenvalue weighted by Gasteiger charge is 2.47. The first kappa shape index (κ1) is 21.2. The molecule has 7 heteroatoms. The van der Waals surface area contributed by atoms with Crippen LogP contribution in [0.2, 0.25) is 5.02 Å². The van der Waals surface area contributed by atoms with Gasteiger partial charge in [0.25, 0.3) is 11.7 Å². The smallest absolute Gasteiger partial charge is 0.300 e. The number of Topliss-reactive ketones (excluding diaryl/α,β-unsaturated/α-hetero) is 1. The summed E-state index contributed by atoms with van der Waals surface area (Å²) >= 11 is 7.73. The Morgan fingerprint density at radius 1 is 1.10 bits per heavy atom. The van der Waals surface area contributed by atoms with E-state index in [1.807, 2.05) is 49.6 Å². The van der Waals surface area contributed by atoms with Crippen molar-refractivity contribution in [3.63, 3.8) is 0 Å². The number of anilines is 1. The van der Waals surface area contributed by atoms with E-state index in [0.29, 0.717) is 11.4 Å². The SMILES string of the molecule is COc1ccc(Cl)c(/C(O)=C2/C(=O)C(=O)N(c3ccc(C)c(C)c3)C2c2cccs2)c1. The maximum Gasteiger partial charge on any atom is 0.300 e. The summed E-state index contributed by atoms with van der Waals surface area (Å²) in [6, 6.07) is 13.3. The predicted molar refractivity (Wildman–Crippen MR) is 123 cm³/mol. The molecule has 0 bridgehead atoms. The molecule has 1 unspecified atom stereocenters. The first-order valence-electron chi connectivity index (χ1n) is 9.59. The second-order valence-electron chi connectivity index (χ2n) is 7.30. The Bertz CT molecular complexity index is 1220. The Hall–Kier alpha value is -3.09. The van der Waals surface area contributed by atoms with Crippen LogP contribution in [-0.4, -0.2) is 23.9 Å². The zero-order valence-electron chi connectivity index (χ0n) is 17.2. The average Bonchev–Trinajstić information content (AvgIpc) is 3.37. The molecule has 1 amide bonds. The third kappa shape index (κ3) is 3.62. The molecular formula is C24H20ClNO4S. The van der Waals surface area contributed by atoms with E-state index in [2.05, 4.69) is 0 Å². The summed E-state index contributed by atoms with van der Waals surface area (Å²) in [6.07, 6.45) is 0. The fourth-order valence-corrected chi connectivity index (χ4v) is 4.68. The van der Waals surface area contributed by atoms with Gasteiger partial charge in [-0.15, -0.1) is 11.3 Å². The van der Waals surface area contributed by atoms with E-state index in [9.17, 15) is 14.7 Å². The number of carbonyl (C=O) groups is 2. The lowest BCUT2D eigenvalue weighted by Gasteiger charge is -2.25. The molecule has 1 aromatic heterocycles. The zero-order chi connectivity index (χ0) is 22.3. The van der Waals surface area contributed by atoms with E-state index >= 15 is 0 Å². The van der Waals surface area contributed by atoms with Crippen molar-refractivity contribution < 1.29 is 19.4 Å². The maximum absolute atomic E-state index is 13.1. The van der Waals surface area contributed by atoms with E-state index in [1.165, 1.54) is 23.3 Å². The van der Waals surface area contributed by atoms with Gasteiger partial charge in [-0.3, -0.25) is 14.5 Å². The fraction of sp³-hybridized carbons (Fsp3) is 0.167. The molecule has 4 rings (SSSR count). The van der Waals surface area contributed by atoms with Gasteiger partial charge in [-0.25, -0.2) is 0 Å². The molecule has 0 aliphatic carbocycles. The van der Waals surface area contributed by atoms with E-state index in [1.54, 1.807) is 18.2 Å². The summed E-state index contributed by atoms with van der Waals surface area (Å²) in [4.78, 5) is 28.5. The molecule has 1 fully saturated rings. The van der Waals surface area contributed by atoms with Gasteiger partial charge in [0.2, 0.25) is 0 Å². The second-order valence-corrected chi connectivity index (χ2v) is 8.69. The molecule has 1 saturated heterocycles. The number of hydrogen-bond donors (Lipinski definition) is 1. The topological polar surface area (TPSA) is 66.8 Å². The van der Waals surface area contributed by atoms with Gasteiger partial charge in [-0.2, -0.15) is 0 Å². The molecule has 1 aliphatic rings. The van der Waals surface area contributed by atoms with Crippen LogP contribution in [0.3, 0.4) is 0 Å². The molecule has 31 heavy (non-hydrogen) atoms. The molecule has 2 aromatic carbocycles. The van der Waals surface area contributed by atoms with Crippen molar-refractivity contribution in [1.82, 2.24) is 0 Å². The van der Waals surface area contributed by atoms with Crippen LogP contribution in [0.4, 0.5) is 5.69 Å². The van der Waals surface area contributed by atoms with Crippen molar-refractivity contribution in [3.8, 4) is 5.75 Å². The minimum Gasteiger partial charge on any atom is -0.507 e. The molecular weight excluding hydrogens is 434 g/mol. The van der Waals surface area contributed by atoms with Gasteiger partial charge in [-0.1, -0.05) is 23.7 Å². The van der Waals surface area contributed by atoms with Crippen LogP contribution in [0.5, 0.6) is 5.75 Å². The van der Waals surface area contributed by atoms with Crippen molar-refractivity contribution >= 4 is 46.1 Å². The van der Waals surface area contributed by atoms with Crippen LogP contribution < -0.4 is 9.64 Å². The van der Waals surface area contributed by atoms with Gasteiger partial charge in [0, 0.05) is 16.1 Å². The Labute approximate surface area is 189 Å². The Morgan fingerprint density at radius 3 is 2.52 bits per heavy atom. The van der Waals surface area contributed by atoms with Crippen molar-refractivity contribution in [3.05, 3.63) is 86.1 Å². The first-order valence-corrected chi connectivity index (χ1v) is 10.8. The molecule has 0 saturated carbocycles. The number of rotatable bonds is 4. The van der Waals surface area contributed by atoms with Crippen LogP contribution in [-0.2, 0) is 9.59 Å². The number of aliphatic hydroxyl groups excluding tert-OH is 1. The molecule has 0 radical (unpaired) electrons. The van der Waals surface area contributed by atoms with Gasteiger partial charge >= 0.3 is 0 Å². The van der Waals surface area contributed by atoms with E-state index in [0.717, 1.165) is 16.0 Å². The number of ketones is 1. The van der Waals surface area contributed by atoms with Crippen LogP contribution in [0.25, 0.3) is 5.76 Å². The van der Waals surface area contributed by atoms with Crippen LogP contribution in [0, 0.1) is 13.8 Å². The highest BCUT2D eigenvalue weighted by molar-refractivity contribution is 7.10. The fourth-order valence-electron chi connectivity index (χ4n) is 3.65. The summed E-state index contributed by atoms with van der Waals surface area (Å²) < 4.78 is 5.23. The Morgan fingerprint density at radius 2 is 1.87 bits per heavy atom. The Balaban J connectivity index is 1.95. The van der Waals surface area contributed by atoms with Gasteiger partial charge < -0.3 is 9.84 Å². The predicted octanol–water partition coefficient (Wildman–Crippen LogP) is 5.65. The van der Waals surface area contributed by atoms with Gasteiger partial charge in [-0.05, 0) is 66.8 Å². The zero-order valence-corrected chi connectivity index (χ0v) is 18.8. The summed E-state index contributed by atoms with van der Waals surface area (Å²) in [5, 5.41) is 13.3. The number of aryl methyl sites for hydroxylation is 2. The lowest BCUT2D eigenvalue weighted by atomic mass is 9.99. The Kier molecular flexibility index (Phi) is 5.60. The van der Waals surface area contributed by atoms with Crippen molar-refractivity contribution in [2.45, 2.75) is 19.9 Å². The van der Waals surface area contributed by atoms with Gasteiger partial charge in [0.05, 0.1) is 17.7 Å². The van der Waals surface area contributed by atoms with Crippen LogP contribution >= 0.6 is 22.9 Å². The largest absolute Gasteiger partial charge is 0.507 e. The summed E-state index contributed by atoms with van der Waals surface area (Å²) in [6.45, 7) is 3.93. The molecule has 1 N–H and O–H groups in total. The molecule has 2 heterocycles. The minimum absolute atomic E-state index is 0.000770. The van der Waals surface area contributed by atoms with E-state index in [-0.39, 0.29) is 21.9 Å². The molecule has 3 aromatic rings. The summed E-state index contributed by atoms with van der Waals surface area (Å²) in [7, 11) is 1.50. The van der Waals surface area contributed by atoms with E-state index < -0.39 is 17.7 Å². The van der Waals surface area contributed by atoms with Crippen LogP contribution in [0.1, 0.15) is 27.6 Å². The first-order chi connectivity index (χ1) is 14.8. The standard InChI is InChI=1S/C24H20ClNO4S/c1-13-6-7-15(11-14(13)2)26-21(19-5-4-10-31-19)20(23(28)24(26)29)22(27)17-12-16(30-3)8-9-18(17)25/h4-12,21,27H,1-3H3/b22-20-. The summed E-state index contributed by atoms with van der Waals surface area (Å²) in [5.41, 5.74) is 2.91. The minimum atomic E-state index is -0.760. The number of amides is 1. The molecule has 5 nitrogen and oxygen atoms in total. The second kappa shape index (κ2) is 8.21. The normalized spacial score (nSPS) is 17.9. The number of halogens is 1. The maximum atomic E-state index is 13.1. The summed E-state index contributed by atoms with van der Waals surface area (Å²) in [5.74, 6) is -1.30. The number of carbonyl (C=O) groups excluding carboxylic acids is 2. The lowest BCUT2D eigenvalue weighted by Crippen LogP contribution is -2.29. The van der Waals surface area contributed by atoms with Crippen molar-refractivity contribution in [1.29, 1.82) is 0 Å². The number of thiophene rings is 1. The molecule has 0 spiro atoms. The number of nitrogens with zero attached hydrogens (tertiary/aromatic N) is 1. The third-order valence-corrected chi connectivity index (χ3v) is 6.71. The number of methoxy groups -OCH3 is 1. The monoisotopic (exact) mass is 453 g/mol. The molecule has 1 atom stereocenters. The number of hydrogen-bond acceptors (Lipinski definition) is 5. The van der Waals surface area contributed by atoms with Gasteiger partial charge in [0.15, 0.2) is 0 Å². The van der Waals surface area contributed by atoms with Crippen molar-refractivity contribution in [2.75, 3.05) is 12.0 Å². The van der Waals surface area contributed by atoms with Crippen LogP contribution in [0.15, 0.2) is 59.5 Å². The lowest BCUT2D eigenvalue weighted by molar-refractivity contribution is -0.132. The van der Waals surface area contributed by atoms with Gasteiger partial charge in [0.1, 0.15) is 17.6 Å². The highest BCUT2D eigenvalue weighted by Crippen LogP contribution is 2.44. The highest BCUT2D eigenvalue weighted by atomic mass is 35.5. The third-order valence-electron chi connectivity index (χ3n) is 5.45. The van der Waals surface area contributed by atoms with Crippen molar-refractivity contribution in [2.24, 2.45) is 0 Å². The average molecular weight is 454 g/mol. The molecule has 1 aliphatic heterocycles.